The van der Waals surface area contributed by atoms with Gasteiger partial charge in [-0.3, -0.25) is 10.1 Å². The van der Waals surface area contributed by atoms with Gasteiger partial charge in [0.25, 0.3) is 0 Å². The molecule has 0 aliphatic carbocycles. The first-order valence-corrected chi connectivity index (χ1v) is 9.56. The van der Waals surface area contributed by atoms with Gasteiger partial charge in [0.05, 0.1) is 18.1 Å². The van der Waals surface area contributed by atoms with Crippen LogP contribution in [0.1, 0.15) is 48.9 Å². The van der Waals surface area contributed by atoms with E-state index in [0.29, 0.717) is 24.5 Å². The maximum atomic E-state index is 11.9. The second kappa shape index (κ2) is 13.9. The Bertz CT molecular complexity index is 785. The number of benzene rings is 1. The predicted octanol–water partition coefficient (Wildman–Crippen LogP) is 1.000. The van der Waals surface area contributed by atoms with Crippen molar-refractivity contribution in [2.24, 2.45) is 7.05 Å². The largest absolute Gasteiger partial charge is 1.00 e. The molecule has 0 radical (unpaired) electrons. The average molecular weight is 514 g/mol. The van der Waals surface area contributed by atoms with Gasteiger partial charge in [-0.25, -0.2) is 9.36 Å². The number of nitrogens with zero attached hydrogens (tertiary/aromatic N) is 2. The van der Waals surface area contributed by atoms with E-state index >= 15 is 0 Å². The van der Waals surface area contributed by atoms with Crippen molar-refractivity contribution in [2.75, 3.05) is 13.2 Å². The van der Waals surface area contributed by atoms with Crippen LogP contribution in [0.4, 0.5) is 5.69 Å². The monoisotopic (exact) mass is 514 g/mol. The van der Waals surface area contributed by atoms with Gasteiger partial charge in [0.2, 0.25) is 0 Å². The Hall–Kier alpha value is -2.23. The van der Waals surface area contributed by atoms with Crippen LogP contribution in [0.5, 0.6) is 5.75 Å². The van der Waals surface area contributed by atoms with Crippen LogP contribution in [0.25, 0.3) is 0 Å². The number of aryl methyl sites for hydroxylation is 1. The van der Waals surface area contributed by atoms with Crippen molar-refractivity contribution in [2.45, 2.75) is 38.5 Å². The number of hydrogen-bond donors (Lipinski definition) is 0. The molecule has 0 bridgehead atoms. The van der Waals surface area contributed by atoms with E-state index in [-0.39, 0.29) is 35.6 Å². The van der Waals surface area contributed by atoms with Crippen molar-refractivity contribution >= 4 is 11.7 Å². The molecule has 0 unspecified atom stereocenters. The molecular formula is C21H27IN2O5. The van der Waals surface area contributed by atoms with Gasteiger partial charge in [0.15, 0.2) is 18.1 Å². The molecule has 29 heavy (non-hydrogen) atoms. The Morgan fingerprint density at radius 1 is 1.00 bits per heavy atom. The van der Waals surface area contributed by atoms with Crippen LogP contribution in [-0.4, -0.2) is 24.1 Å². The third kappa shape index (κ3) is 9.21. The first-order chi connectivity index (χ1) is 13.6. The van der Waals surface area contributed by atoms with E-state index in [2.05, 4.69) is 0 Å². The summed E-state index contributed by atoms with van der Waals surface area (Å²) in [6, 6.07) is 9.98. The fourth-order valence-corrected chi connectivity index (χ4v) is 2.78. The van der Waals surface area contributed by atoms with Crippen LogP contribution < -0.4 is 33.3 Å². The Kier molecular flexibility index (Phi) is 11.9. The van der Waals surface area contributed by atoms with Crippen molar-refractivity contribution in [1.29, 1.82) is 0 Å². The standard InChI is InChI=1S/C21H27N2O5.HI/c1-22-14-10-11-18(17-22)21(24)28-16-9-5-3-2-4-8-15-27-20-13-7-6-12-19(20)23(25)26;/h6-7,10-14,17H,2-5,8-9,15-16H2,1H3;1H/q+1;/p-1. The molecule has 0 amide bonds. The molecule has 2 aromatic rings. The number of pyridine rings is 1. The summed E-state index contributed by atoms with van der Waals surface area (Å²) >= 11 is 0. The SMILES string of the molecule is C[n+]1cccc(C(=O)OCCCCCCCCOc2ccccc2[N+](=O)[O-])c1.[I-]. The highest BCUT2D eigenvalue weighted by Crippen LogP contribution is 2.25. The zero-order valence-corrected chi connectivity index (χ0v) is 18.7. The van der Waals surface area contributed by atoms with E-state index in [1.807, 2.05) is 23.9 Å². The minimum Gasteiger partial charge on any atom is -1.00 e. The smallest absolute Gasteiger partial charge is 0.344 e. The van der Waals surface area contributed by atoms with Gasteiger partial charge in [0.1, 0.15) is 12.6 Å². The van der Waals surface area contributed by atoms with Crippen LogP contribution in [-0.2, 0) is 11.8 Å². The molecule has 0 saturated heterocycles. The van der Waals surface area contributed by atoms with Crippen molar-refractivity contribution in [3.05, 3.63) is 64.5 Å². The summed E-state index contributed by atoms with van der Waals surface area (Å²) in [6.45, 7) is 0.898. The number of nitro groups is 1. The summed E-state index contributed by atoms with van der Waals surface area (Å²) in [4.78, 5) is 22.4. The third-order valence-electron chi connectivity index (χ3n) is 4.27. The first-order valence-electron chi connectivity index (χ1n) is 9.56. The Morgan fingerprint density at radius 3 is 2.34 bits per heavy atom. The highest BCUT2D eigenvalue weighted by molar-refractivity contribution is 5.88. The second-order valence-electron chi connectivity index (χ2n) is 6.59. The molecule has 8 heteroatoms. The number of aromatic nitrogens is 1. The van der Waals surface area contributed by atoms with E-state index in [1.54, 1.807) is 30.5 Å². The van der Waals surface area contributed by atoms with Crippen LogP contribution in [0.3, 0.4) is 0 Å². The minimum atomic E-state index is -0.431. The van der Waals surface area contributed by atoms with E-state index in [4.69, 9.17) is 9.47 Å². The molecule has 0 aliphatic rings. The zero-order valence-electron chi connectivity index (χ0n) is 16.6. The Labute approximate surface area is 188 Å². The molecule has 0 fully saturated rings. The number of carbonyl (C=O) groups is 1. The fraction of sp³-hybridized carbons (Fsp3) is 0.429. The van der Waals surface area contributed by atoms with Gasteiger partial charge >= 0.3 is 11.7 Å². The van der Waals surface area contributed by atoms with E-state index in [0.717, 1.165) is 38.5 Å². The van der Waals surface area contributed by atoms with Crippen LogP contribution in [0, 0.1) is 10.1 Å². The number of hydrogen-bond acceptors (Lipinski definition) is 5. The van der Waals surface area contributed by atoms with Crippen molar-refractivity contribution in [1.82, 2.24) is 0 Å². The average Bonchev–Trinajstić information content (AvgIpc) is 2.69. The Morgan fingerprint density at radius 2 is 1.66 bits per heavy atom. The highest BCUT2D eigenvalue weighted by atomic mass is 127. The summed E-state index contributed by atoms with van der Waals surface area (Å²) in [5, 5.41) is 10.9. The summed E-state index contributed by atoms with van der Waals surface area (Å²) in [7, 11) is 1.86. The molecule has 2 rings (SSSR count). The van der Waals surface area contributed by atoms with Crippen LogP contribution in [0.2, 0.25) is 0 Å². The van der Waals surface area contributed by atoms with E-state index < -0.39 is 4.92 Å². The van der Waals surface area contributed by atoms with E-state index in [9.17, 15) is 14.9 Å². The quantitative estimate of drug-likeness (QED) is 0.105. The molecule has 1 aromatic heterocycles. The lowest BCUT2D eigenvalue weighted by molar-refractivity contribution is -0.671. The highest BCUT2D eigenvalue weighted by Gasteiger charge is 2.13. The number of unbranched alkanes of at least 4 members (excludes halogenated alkanes) is 5. The lowest BCUT2D eigenvalue weighted by Crippen LogP contribution is -3.00. The first kappa shape index (κ1) is 24.8. The molecule has 0 spiro atoms. The van der Waals surface area contributed by atoms with Gasteiger partial charge in [-0.2, -0.15) is 0 Å². The number of rotatable bonds is 12. The topological polar surface area (TPSA) is 82.5 Å². The van der Waals surface area contributed by atoms with Gasteiger partial charge in [-0.15, -0.1) is 0 Å². The van der Waals surface area contributed by atoms with Crippen LogP contribution in [0.15, 0.2) is 48.8 Å². The molecule has 0 aliphatic heterocycles. The summed E-state index contributed by atoms with van der Waals surface area (Å²) in [5.74, 6) is 0.0321. The number of carbonyl (C=O) groups excluding carboxylic acids is 1. The lowest BCUT2D eigenvalue weighted by Gasteiger charge is -2.07. The molecule has 0 N–H and O–H groups in total. The van der Waals surface area contributed by atoms with Crippen molar-refractivity contribution in [3.8, 4) is 5.75 Å². The maximum absolute atomic E-state index is 11.9. The molecule has 0 atom stereocenters. The molecule has 7 nitrogen and oxygen atoms in total. The van der Waals surface area contributed by atoms with Gasteiger partial charge in [-0.1, -0.05) is 37.8 Å². The molecule has 0 saturated carbocycles. The number of para-hydroxylation sites is 2. The number of ether oxygens (including phenoxy) is 2. The van der Waals surface area contributed by atoms with Gasteiger partial charge in [0, 0.05) is 12.1 Å². The second-order valence-corrected chi connectivity index (χ2v) is 6.59. The number of nitro benzene ring substituents is 1. The summed E-state index contributed by atoms with van der Waals surface area (Å²) in [5.41, 5.74) is 0.560. The van der Waals surface area contributed by atoms with E-state index in [1.165, 1.54) is 6.07 Å². The molecule has 1 heterocycles. The molecule has 1 aromatic carbocycles. The lowest BCUT2D eigenvalue weighted by atomic mass is 10.1. The molecule has 158 valence electrons. The third-order valence-corrected chi connectivity index (χ3v) is 4.27. The van der Waals surface area contributed by atoms with Gasteiger partial charge in [-0.05, 0) is 25.0 Å². The minimum absolute atomic E-state index is 0. The maximum Gasteiger partial charge on any atom is 0.344 e. The normalized spacial score (nSPS) is 10.1. The van der Waals surface area contributed by atoms with Gasteiger partial charge < -0.3 is 33.5 Å². The predicted molar refractivity (Wildman–Crippen MR) is 104 cm³/mol. The van der Waals surface area contributed by atoms with Crippen molar-refractivity contribution in [3.63, 3.8) is 0 Å². The summed E-state index contributed by atoms with van der Waals surface area (Å²) in [6.07, 6.45) is 9.43. The van der Waals surface area contributed by atoms with Crippen LogP contribution >= 0.6 is 0 Å². The Balaban J connectivity index is 0.00000420. The number of esters is 1. The zero-order chi connectivity index (χ0) is 20.2. The van der Waals surface area contributed by atoms with Crippen molar-refractivity contribution < 1.29 is 47.7 Å². The molecular weight excluding hydrogens is 487 g/mol. The summed E-state index contributed by atoms with van der Waals surface area (Å²) < 4.78 is 12.6. The number of halogens is 1. The fourth-order valence-electron chi connectivity index (χ4n) is 2.78.